The van der Waals surface area contributed by atoms with Gasteiger partial charge in [0.15, 0.2) is 0 Å². The molecule has 0 atom stereocenters. The molecule has 0 saturated carbocycles. The highest BCUT2D eigenvalue weighted by Crippen LogP contribution is 2.08. The Hall–Kier alpha value is -0.160. The van der Waals surface area contributed by atoms with Gasteiger partial charge in [0.25, 0.3) is 0 Å². The molecule has 0 spiro atoms. The van der Waals surface area contributed by atoms with Gasteiger partial charge in [-0.1, -0.05) is 12.8 Å². The number of rotatable bonds is 5. The predicted octanol–water partition coefficient (Wildman–Crippen LogP) is 1.25. The molecule has 0 amide bonds. The summed E-state index contributed by atoms with van der Waals surface area (Å²) in [6, 6.07) is 0. The minimum atomic E-state index is 0.819. The lowest BCUT2D eigenvalue weighted by Crippen LogP contribution is -2.33. The number of hydrogen-bond donors (Lipinski definition) is 2. The Morgan fingerprint density at radius 1 is 0.579 bits per heavy atom. The summed E-state index contributed by atoms with van der Waals surface area (Å²) < 4.78 is 0. The Morgan fingerprint density at radius 2 is 1.05 bits per heavy atom. The Kier molecular flexibility index (Phi) is 10.4. The summed E-state index contributed by atoms with van der Waals surface area (Å²) in [4.78, 5) is 4.97. The van der Waals surface area contributed by atoms with E-state index in [1.807, 2.05) is 0 Å². The van der Waals surface area contributed by atoms with Gasteiger partial charge in [0.1, 0.15) is 0 Å². The fourth-order valence-corrected chi connectivity index (χ4v) is 2.86. The average Bonchev–Trinajstić information content (AvgIpc) is 2.48. The first-order chi connectivity index (χ1) is 9.36. The van der Waals surface area contributed by atoms with E-state index >= 15 is 0 Å². The van der Waals surface area contributed by atoms with E-state index in [4.69, 9.17) is 11.5 Å². The maximum Gasteiger partial charge on any atom is 0.0105 e. The van der Waals surface area contributed by atoms with Crippen LogP contribution in [0.3, 0.4) is 0 Å². The molecule has 0 radical (unpaired) electrons. The van der Waals surface area contributed by atoms with E-state index in [-0.39, 0.29) is 0 Å². The number of piperidine rings is 2. The van der Waals surface area contributed by atoms with Crippen molar-refractivity contribution in [2.24, 2.45) is 11.5 Å². The predicted molar refractivity (Wildman–Crippen MR) is 83.3 cm³/mol. The third-order valence-electron chi connectivity index (χ3n) is 4.02. The van der Waals surface area contributed by atoms with Gasteiger partial charge in [0.2, 0.25) is 0 Å². The highest BCUT2D eigenvalue weighted by Gasteiger charge is 2.08. The lowest BCUT2D eigenvalue weighted by molar-refractivity contribution is 0.227. The molecule has 0 bridgehead atoms. The quantitative estimate of drug-likeness (QED) is 0.789. The fourth-order valence-electron chi connectivity index (χ4n) is 2.86. The van der Waals surface area contributed by atoms with Crippen LogP contribution in [0.25, 0.3) is 0 Å². The topological polar surface area (TPSA) is 58.5 Å². The molecule has 19 heavy (non-hydrogen) atoms. The first-order valence-electron chi connectivity index (χ1n) is 8.21. The van der Waals surface area contributed by atoms with Crippen molar-refractivity contribution < 1.29 is 0 Å². The van der Waals surface area contributed by atoms with Crippen LogP contribution in [0.1, 0.15) is 44.9 Å². The largest absolute Gasteiger partial charge is 0.330 e. The van der Waals surface area contributed by atoms with Crippen LogP contribution in [-0.4, -0.2) is 62.2 Å². The molecule has 2 aliphatic heterocycles. The van der Waals surface area contributed by atoms with Crippen LogP contribution in [0.5, 0.6) is 0 Å². The Bertz CT molecular complexity index is 184. The van der Waals surface area contributed by atoms with Crippen molar-refractivity contribution in [1.82, 2.24) is 9.80 Å². The normalized spacial score (nSPS) is 21.8. The van der Waals surface area contributed by atoms with Crippen LogP contribution in [0.15, 0.2) is 0 Å². The maximum atomic E-state index is 5.42. The van der Waals surface area contributed by atoms with Gasteiger partial charge in [0.05, 0.1) is 0 Å². The van der Waals surface area contributed by atoms with E-state index in [0.29, 0.717) is 0 Å². The molecule has 2 aliphatic rings. The summed E-state index contributed by atoms with van der Waals surface area (Å²) in [6.07, 6.45) is 9.55. The second-order valence-corrected chi connectivity index (χ2v) is 5.74. The highest BCUT2D eigenvalue weighted by molar-refractivity contribution is 4.64. The summed E-state index contributed by atoms with van der Waals surface area (Å²) >= 11 is 0. The zero-order chi connectivity index (χ0) is 13.8. The van der Waals surface area contributed by atoms with E-state index < -0.39 is 0 Å². The van der Waals surface area contributed by atoms with E-state index in [9.17, 15) is 0 Å². The van der Waals surface area contributed by atoms with Crippen molar-refractivity contribution >= 4 is 0 Å². The third-order valence-corrected chi connectivity index (χ3v) is 4.02. The Balaban J connectivity index is 0.000000191. The Morgan fingerprint density at radius 3 is 1.47 bits per heavy atom. The summed E-state index contributed by atoms with van der Waals surface area (Å²) in [5.41, 5.74) is 10.8. The minimum absolute atomic E-state index is 0.819. The van der Waals surface area contributed by atoms with Crippen molar-refractivity contribution in [2.45, 2.75) is 44.9 Å². The summed E-state index contributed by atoms with van der Waals surface area (Å²) in [6.45, 7) is 9.14. The van der Waals surface area contributed by atoms with Gasteiger partial charge in [-0.2, -0.15) is 0 Å². The van der Waals surface area contributed by atoms with Crippen LogP contribution >= 0.6 is 0 Å². The van der Waals surface area contributed by atoms with Crippen LogP contribution < -0.4 is 11.5 Å². The van der Waals surface area contributed by atoms with Gasteiger partial charge in [-0.25, -0.2) is 0 Å². The molecule has 0 aromatic carbocycles. The molecule has 2 rings (SSSR count). The molecule has 4 heteroatoms. The molecule has 4 N–H and O–H groups in total. The van der Waals surface area contributed by atoms with Gasteiger partial charge >= 0.3 is 0 Å². The monoisotopic (exact) mass is 270 g/mol. The van der Waals surface area contributed by atoms with Crippen molar-refractivity contribution in [3.05, 3.63) is 0 Å². The first kappa shape index (κ1) is 16.9. The molecule has 0 aliphatic carbocycles. The van der Waals surface area contributed by atoms with Gasteiger partial charge in [0, 0.05) is 13.1 Å². The SMILES string of the molecule is NCCCN1CCCCC1.NCCN1CCCCC1. The molecule has 2 saturated heterocycles. The van der Waals surface area contributed by atoms with Gasteiger partial charge < -0.3 is 21.3 Å². The van der Waals surface area contributed by atoms with Crippen molar-refractivity contribution in [1.29, 1.82) is 0 Å². The smallest absolute Gasteiger partial charge is 0.0105 e. The molecule has 0 unspecified atom stereocenters. The van der Waals surface area contributed by atoms with Crippen molar-refractivity contribution in [3.63, 3.8) is 0 Å². The summed E-state index contributed by atoms with van der Waals surface area (Å²) in [7, 11) is 0. The van der Waals surface area contributed by atoms with Crippen LogP contribution in [0, 0.1) is 0 Å². The summed E-state index contributed by atoms with van der Waals surface area (Å²) in [5, 5.41) is 0. The zero-order valence-electron chi connectivity index (χ0n) is 12.7. The lowest BCUT2D eigenvalue weighted by atomic mass is 10.1. The summed E-state index contributed by atoms with van der Waals surface area (Å²) in [5.74, 6) is 0. The number of hydrogen-bond acceptors (Lipinski definition) is 4. The van der Waals surface area contributed by atoms with Gasteiger partial charge in [-0.15, -0.1) is 0 Å². The zero-order valence-corrected chi connectivity index (χ0v) is 12.7. The number of nitrogens with zero attached hydrogens (tertiary/aromatic N) is 2. The minimum Gasteiger partial charge on any atom is -0.330 e. The van der Waals surface area contributed by atoms with E-state index in [2.05, 4.69) is 9.80 Å². The fraction of sp³-hybridized carbons (Fsp3) is 1.00. The van der Waals surface area contributed by atoms with Crippen molar-refractivity contribution in [2.75, 3.05) is 52.4 Å². The van der Waals surface area contributed by atoms with E-state index in [1.54, 1.807) is 0 Å². The number of likely N-dealkylation sites (tertiary alicyclic amines) is 2. The maximum absolute atomic E-state index is 5.42. The average molecular weight is 270 g/mol. The molecule has 2 heterocycles. The first-order valence-corrected chi connectivity index (χ1v) is 8.21. The van der Waals surface area contributed by atoms with E-state index in [0.717, 1.165) is 19.6 Å². The second kappa shape index (κ2) is 11.6. The molecule has 114 valence electrons. The Labute approximate surface area is 119 Å². The van der Waals surface area contributed by atoms with E-state index in [1.165, 1.54) is 77.7 Å². The lowest BCUT2D eigenvalue weighted by Gasteiger charge is -2.25. The molecular formula is C15H34N4. The second-order valence-electron chi connectivity index (χ2n) is 5.74. The van der Waals surface area contributed by atoms with Crippen LogP contribution in [-0.2, 0) is 0 Å². The van der Waals surface area contributed by atoms with Crippen molar-refractivity contribution in [3.8, 4) is 0 Å². The van der Waals surface area contributed by atoms with Gasteiger partial charge in [-0.3, -0.25) is 0 Å². The molecule has 2 fully saturated rings. The van der Waals surface area contributed by atoms with Crippen LogP contribution in [0.4, 0.5) is 0 Å². The third kappa shape index (κ3) is 8.58. The molecule has 0 aromatic rings. The highest BCUT2D eigenvalue weighted by atomic mass is 15.1. The molecule has 4 nitrogen and oxygen atoms in total. The number of nitrogens with two attached hydrogens (primary N) is 2. The molecule has 0 aromatic heterocycles. The molecular weight excluding hydrogens is 236 g/mol. The van der Waals surface area contributed by atoms with Crippen LogP contribution in [0.2, 0.25) is 0 Å². The standard InChI is InChI=1S/C8H18N2.C7H16N2/c9-5-4-8-10-6-2-1-3-7-10;8-4-7-9-5-2-1-3-6-9/h1-9H2;1-8H2. The van der Waals surface area contributed by atoms with Gasteiger partial charge in [-0.05, 0) is 71.4 Å².